The van der Waals surface area contributed by atoms with Gasteiger partial charge in [0, 0.05) is 48.5 Å². The van der Waals surface area contributed by atoms with Crippen molar-refractivity contribution in [2.75, 3.05) is 6.54 Å². The third-order valence-corrected chi connectivity index (χ3v) is 5.04. The number of pyridine rings is 1. The number of rotatable bonds is 3. The van der Waals surface area contributed by atoms with E-state index in [9.17, 15) is 4.79 Å². The predicted molar refractivity (Wildman–Crippen MR) is 98.2 cm³/mol. The molecule has 25 heavy (non-hydrogen) atoms. The fraction of sp³-hybridized carbons (Fsp3) is 0.350. The Kier molecular flexibility index (Phi) is 3.79. The van der Waals surface area contributed by atoms with Crippen LogP contribution in [0.5, 0.6) is 0 Å². The Morgan fingerprint density at radius 2 is 2.00 bits per heavy atom. The van der Waals surface area contributed by atoms with Crippen molar-refractivity contribution in [2.24, 2.45) is 0 Å². The normalized spacial score (nSPS) is 17.8. The van der Waals surface area contributed by atoms with Gasteiger partial charge in [-0.2, -0.15) is 0 Å². The van der Waals surface area contributed by atoms with Crippen molar-refractivity contribution >= 4 is 16.8 Å². The van der Waals surface area contributed by atoms with Crippen LogP contribution < -0.4 is 0 Å². The number of imidazole rings is 1. The van der Waals surface area contributed by atoms with Gasteiger partial charge in [0.05, 0.1) is 11.6 Å². The van der Waals surface area contributed by atoms with Crippen LogP contribution in [-0.2, 0) is 4.79 Å². The zero-order chi connectivity index (χ0) is 17.6. The molecule has 1 saturated heterocycles. The van der Waals surface area contributed by atoms with Crippen molar-refractivity contribution in [3.05, 3.63) is 48.4 Å². The highest BCUT2D eigenvalue weighted by Crippen LogP contribution is 2.34. The fourth-order valence-corrected chi connectivity index (χ4v) is 3.76. The summed E-state index contributed by atoms with van der Waals surface area (Å²) in [6, 6.07) is 8.53. The molecule has 1 atom stereocenters. The molecule has 1 aromatic carbocycles. The number of likely N-dealkylation sites (tertiary alicyclic amines) is 1. The van der Waals surface area contributed by atoms with E-state index in [-0.39, 0.29) is 18.0 Å². The highest BCUT2D eigenvalue weighted by atomic mass is 16.2. The first-order valence-electron chi connectivity index (χ1n) is 8.73. The Labute approximate surface area is 147 Å². The number of fused-ring (bicyclic) bond motifs is 1. The molecule has 3 aromatic rings. The molecule has 0 bridgehead atoms. The van der Waals surface area contributed by atoms with E-state index in [2.05, 4.69) is 47.4 Å². The molecular weight excluding hydrogens is 312 g/mol. The molecule has 1 fully saturated rings. The standard InChI is InChI=1S/C20H22N4O/c1-13(2)24-12-15(11-18(24)25)23-10-9-22-20(23)19-14(3)6-7-17-16(19)5-4-8-21-17/h4-10,13,15H,11-12H2,1-3H3. The van der Waals surface area contributed by atoms with Crippen LogP contribution in [0.3, 0.4) is 0 Å². The first-order valence-corrected chi connectivity index (χ1v) is 8.73. The molecule has 3 heterocycles. The second-order valence-electron chi connectivity index (χ2n) is 6.98. The summed E-state index contributed by atoms with van der Waals surface area (Å²) in [5.41, 5.74) is 3.23. The molecule has 0 saturated carbocycles. The van der Waals surface area contributed by atoms with Crippen molar-refractivity contribution in [1.82, 2.24) is 19.4 Å². The van der Waals surface area contributed by atoms with Crippen LogP contribution in [0.15, 0.2) is 42.9 Å². The van der Waals surface area contributed by atoms with E-state index in [1.165, 1.54) is 0 Å². The zero-order valence-corrected chi connectivity index (χ0v) is 14.8. The lowest BCUT2D eigenvalue weighted by molar-refractivity contribution is -0.129. The average molecular weight is 334 g/mol. The molecule has 0 radical (unpaired) electrons. The van der Waals surface area contributed by atoms with Gasteiger partial charge < -0.3 is 9.47 Å². The van der Waals surface area contributed by atoms with E-state index >= 15 is 0 Å². The van der Waals surface area contributed by atoms with Crippen LogP contribution in [0.4, 0.5) is 0 Å². The lowest BCUT2D eigenvalue weighted by Crippen LogP contribution is -2.32. The monoisotopic (exact) mass is 334 g/mol. The highest BCUT2D eigenvalue weighted by Gasteiger charge is 2.33. The van der Waals surface area contributed by atoms with E-state index in [0.717, 1.165) is 34.4 Å². The lowest BCUT2D eigenvalue weighted by atomic mass is 10.0. The quantitative estimate of drug-likeness (QED) is 0.735. The molecule has 0 spiro atoms. The Morgan fingerprint density at radius 1 is 1.16 bits per heavy atom. The summed E-state index contributed by atoms with van der Waals surface area (Å²) < 4.78 is 2.16. The van der Waals surface area contributed by atoms with Gasteiger partial charge in [-0.3, -0.25) is 9.78 Å². The topological polar surface area (TPSA) is 51.0 Å². The number of nitrogens with zero attached hydrogens (tertiary/aromatic N) is 4. The number of carbonyl (C=O) groups is 1. The smallest absolute Gasteiger partial charge is 0.225 e. The molecule has 128 valence electrons. The van der Waals surface area contributed by atoms with Crippen LogP contribution in [-0.4, -0.2) is 37.9 Å². The maximum absolute atomic E-state index is 12.3. The van der Waals surface area contributed by atoms with Crippen molar-refractivity contribution in [3.63, 3.8) is 0 Å². The summed E-state index contributed by atoms with van der Waals surface area (Å²) in [4.78, 5) is 23.4. The van der Waals surface area contributed by atoms with Gasteiger partial charge in [-0.05, 0) is 38.5 Å². The Hall–Kier alpha value is -2.69. The predicted octanol–water partition coefficient (Wildman–Crippen LogP) is 3.59. The first-order chi connectivity index (χ1) is 12.1. The minimum atomic E-state index is 0.124. The summed E-state index contributed by atoms with van der Waals surface area (Å²) in [7, 11) is 0. The van der Waals surface area contributed by atoms with Gasteiger partial charge in [0.15, 0.2) is 0 Å². The van der Waals surface area contributed by atoms with Crippen molar-refractivity contribution < 1.29 is 4.79 Å². The highest BCUT2D eigenvalue weighted by molar-refractivity contribution is 5.94. The molecular formula is C20H22N4O. The Balaban J connectivity index is 1.82. The van der Waals surface area contributed by atoms with E-state index in [1.54, 1.807) is 0 Å². The maximum Gasteiger partial charge on any atom is 0.225 e. The molecule has 2 aromatic heterocycles. The van der Waals surface area contributed by atoms with Crippen LogP contribution >= 0.6 is 0 Å². The van der Waals surface area contributed by atoms with E-state index in [0.29, 0.717) is 6.42 Å². The van der Waals surface area contributed by atoms with Crippen LogP contribution in [0.1, 0.15) is 31.9 Å². The number of hydrogen-bond donors (Lipinski definition) is 0. The first kappa shape index (κ1) is 15.8. The molecule has 4 rings (SSSR count). The van der Waals surface area contributed by atoms with Gasteiger partial charge in [-0.25, -0.2) is 4.98 Å². The second kappa shape index (κ2) is 5.99. The molecule has 5 nitrogen and oxygen atoms in total. The van der Waals surface area contributed by atoms with Crippen molar-refractivity contribution in [3.8, 4) is 11.4 Å². The molecule has 0 N–H and O–H groups in total. The van der Waals surface area contributed by atoms with E-state index < -0.39 is 0 Å². The van der Waals surface area contributed by atoms with Gasteiger partial charge in [0.1, 0.15) is 5.82 Å². The lowest BCUT2D eigenvalue weighted by Gasteiger charge is -2.22. The SMILES string of the molecule is Cc1ccc2ncccc2c1-c1nccn1C1CC(=O)N(C(C)C)C1. The number of benzene rings is 1. The summed E-state index contributed by atoms with van der Waals surface area (Å²) >= 11 is 0. The van der Waals surface area contributed by atoms with Crippen LogP contribution in [0.2, 0.25) is 0 Å². The zero-order valence-electron chi connectivity index (χ0n) is 14.8. The maximum atomic E-state index is 12.3. The summed E-state index contributed by atoms with van der Waals surface area (Å²) in [5.74, 6) is 1.13. The molecule has 1 aliphatic heterocycles. The summed E-state index contributed by atoms with van der Waals surface area (Å²) in [6.45, 7) is 6.97. The minimum absolute atomic E-state index is 0.124. The number of aryl methyl sites for hydroxylation is 1. The number of amides is 1. The van der Waals surface area contributed by atoms with Crippen molar-refractivity contribution in [1.29, 1.82) is 0 Å². The third kappa shape index (κ3) is 2.60. The van der Waals surface area contributed by atoms with Gasteiger partial charge in [0.2, 0.25) is 5.91 Å². The van der Waals surface area contributed by atoms with Gasteiger partial charge in [-0.1, -0.05) is 12.1 Å². The Bertz CT molecular complexity index is 944. The van der Waals surface area contributed by atoms with Crippen molar-refractivity contribution in [2.45, 2.75) is 39.3 Å². The molecule has 1 aliphatic rings. The molecule has 5 heteroatoms. The average Bonchev–Trinajstić information content (AvgIpc) is 3.21. The minimum Gasteiger partial charge on any atom is -0.338 e. The van der Waals surface area contributed by atoms with E-state index in [1.807, 2.05) is 35.6 Å². The van der Waals surface area contributed by atoms with Crippen LogP contribution in [0, 0.1) is 6.92 Å². The summed E-state index contributed by atoms with van der Waals surface area (Å²) in [5, 5.41) is 1.10. The summed E-state index contributed by atoms with van der Waals surface area (Å²) in [6.07, 6.45) is 6.16. The number of hydrogen-bond acceptors (Lipinski definition) is 3. The van der Waals surface area contributed by atoms with Crippen LogP contribution in [0.25, 0.3) is 22.3 Å². The fourth-order valence-electron chi connectivity index (χ4n) is 3.76. The molecule has 0 aliphatic carbocycles. The van der Waals surface area contributed by atoms with Gasteiger partial charge in [-0.15, -0.1) is 0 Å². The second-order valence-corrected chi connectivity index (χ2v) is 6.98. The third-order valence-electron chi connectivity index (χ3n) is 5.04. The largest absolute Gasteiger partial charge is 0.338 e. The van der Waals surface area contributed by atoms with Gasteiger partial charge in [0.25, 0.3) is 0 Å². The molecule has 1 amide bonds. The Morgan fingerprint density at radius 3 is 2.76 bits per heavy atom. The number of carbonyl (C=O) groups excluding carboxylic acids is 1. The molecule has 1 unspecified atom stereocenters. The van der Waals surface area contributed by atoms with Gasteiger partial charge >= 0.3 is 0 Å². The van der Waals surface area contributed by atoms with E-state index in [4.69, 9.17) is 0 Å². The number of aromatic nitrogens is 3.